The van der Waals surface area contributed by atoms with Crippen LogP contribution in [0.3, 0.4) is 0 Å². The lowest BCUT2D eigenvalue weighted by molar-refractivity contribution is 0.0687. The van der Waals surface area contributed by atoms with Gasteiger partial charge in [0.1, 0.15) is 6.54 Å². The number of aromatic nitrogens is 5. The molecule has 0 aliphatic heterocycles. The largest absolute Gasteiger partial charge is 0.476 e. The van der Waals surface area contributed by atoms with Crippen molar-refractivity contribution in [3.63, 3.8) is 0 Å². The molecule has 0 saturated heterocycles. The Morgan fingerprint density at radius 1 is 1.40 bits per heavy atom. The number of aryl methyl sites for hydroxylation is 1. The molecule has 0 aliphatic carbocycles. The first-order valence-electron chi connectivity index (χ1n) is 6.31. The normalized spacial score (nSPS) is 11.8. The fourth-order valence-corrected chi connectivity index (χ4v) is 1.94. The molecule has 1 N–H and O–H groups in total. The van der Waals surface area contributed by atoms with Crippen molar-refractivity contribution in [2.75, 3.05) is 0 Å². The molecule has 2 rings (SSSR count). The number of carboxylic acids is 1. The first-order chi connectivity index (χ1) is 9.32. The lowest BCUT2D eigenvalue weighted by atomic mass is 9.90. The zero-order chi connectivity index (χ0) is 14.9. The minimum Gasteiger partial charge on any atom is -0.476 e. The SMILES string of the molecule is CCc1noc(Cn2nnc(C(=O)O)c2C(C)(C)C)n1. The molecule has 0 fully saturated rings. The smallest absolute Gasteiger partial charge is 0.358 e. The third-order valence-corrected chi connectivity index (χ3v) is 2.76. The maximum Gasteiger partial charge on any atom is 0.358 e. The fourth-order valence-electron chi connectivity index (χ4n) is 1.94. The van der Waals surface area contributed by atoms with Crippen molar-refractivity contribution in [3.8, 4) is 0 Å². The summed E-state index contributed by atoms with van der Waals surface area (Å²) in [6.07, 6.45) is 0.674. The molecule has 0 aromatic carbocycles. The first kappa shape index (κ1) is 14.2. The van der Waals surface area contributed by atoms with Crippen LogP contribution in [-0.4, -0.2) is 36.2 Å². The molecule has 8 heteroatoms. The Labute approximate surface area is 115 Å². The molecule has 0 aliphatic rings. The summed E-state index contributed by atoms with van der Waals surface area (Å²) in [5.74, 6) is -0.106. The maximum atomic E-state index is 11.2. The highest BCUT2D eigenvalue weighted by Gasteiger charge is 2.29. The highest BCUT2D eigenvalue weighted by molar-refractivity contribution is 5.86. The summed E-state index contributed by atoms with van der Waals surface area (Å²) in [4.78, 5) is 15.4. The Hall–Kier alpha value is -2.25. The molecule has 8 nitrogen and oxygen atoms in total. The van der Waals surface area contributed by atoms with Gasteiger partial charge in [0.15, 0.2) is 11.5 Å². The molecule has 0 saturated carbocycles. The van der Waals surface area contributed by atoms with E-state index < -0.39 is 11.4 Å². The summed E-state index contributed by atoms with van der Waals surface area (Å²) in [6.45, 7) is 7.84. The third kappa shape index (κ3) is 2.68. The summed E-state index contributed by atoms with van der Waals surface area (Å²) < 4.78 is 6.60. The third-order valence-electron chi connectivity index (χ3n) is 2.76. The average molecular weight is 279 g/mol. The van der Waals surface area contributed by atoms with Crippen molar-refractivity contribution < 1.29 is 14.4 Å². The van der Waals surface area contributed by atoms with Gasteiger partial charge in [-0.2, -0.15) is 4.98 Å². The molecule has 2 aromatic heterocycles. The van der Waals surface area contributed by atoms with Gasteiger partial charge in [0, 0.05) is 11.8 Å². The van der Waals surface area contributed by atoms with Gasteiger partial charge in [0.25, 0.3) is 0 Å². The van der Waals surface area contributed by atoms with E-state index in [0.717, 1.165) is 0 Å². The molecule has 0 atom stereocenters. The summed E-state index contributed by atoms with van der Waals surface area (Å²) in [5.41, 5.74) is 0.0687. The Balaban J connectivity index is 2.39. The van der Waals surface area contributed by atoms with E-state index >= 15 is 0 Å². The van der Waals surface area contributed by atoms with Crippen LogP contribution < -0.4 is 0 Å². The molecule has 108 valence electrons. The van der Waals surface area contributed by atoms with E-state index in [1.807, 2.05) is 27.7 Å². The molecule has 20 heavy (non-hydrogen) atoms. The van der Waals surface area contributed by atoms with Gasteiger partial charge in [0.2, 0.25) is 5.89 Å². The van der Waals surface area contributed by atoms with Gasteiger partial charge in [-0.1, -0.05) is 38.1 Å². The number of carbonyl (C=O) groups is 1. The number of aromatic carboxylic acids is 1. The van der Waals surface area contributed by atoms with E-state index in [0.29, 0.717) is 23.8 Å². The average Bonchev–Trinajstić information content (AvgIpc) is 2.95. The quantitative estimate of drug-likeness (QED) is 0.897. The van der Waals surface area contributed by atoms with Crippen molar-refractivity contribution >= 4 is 5.97 Å². The van der Waals surface area contributed by atoms with E-state index in [2.05, 4.69) is 20.5 Å². The second-order valence-electron chi connectivity index (χ2n) is 5.46. The van der Waals surface area contributed by atoms with Gasteiger partial charge >= 0.3 is 5.97 Å². The molecular weight excluding hydrogens is 262 g/mol. The lowest BCUT2D eigenvalue weighted by Gasteiger charge is -2.19. The molecular formula is C12H17N5O3. The second kappa shape index (κ2) is 5.03. The maximum absolute atomic E-state index is 11.2. The topological polar surface area (TPSA) is 107 Å². The number of rotatable bonds is 4. The Morgan fingerprint density at radius 3 is 2.60 bits per heavy atom. The zero-order valence-corrected chi connectivity index (χ0v) is 11.9. The van der Waals surface area contributed by atoms with Crippen LogP contribution in [0.25, 0.3) is 0 Å². The molecule has 2 aromatic rings. The Morgan fingerprint density at radius 2 is 2.10 bits per heavy atom. The van der Waals surface area contributed by atoms with Crippen LogP contribution in [0.2, 0.25) is 0 Å². The van der Waals surface area contributed by atoms with Crippen LogP contribution in [0.1, 0.15) is 55.6 Å². The highest BCUT2D eigenvalue weighted by atomic mass is 16.5. The standard InChI is InChI=1S/C12H17N5O3/c1-5-7-13-8(20-15-7)6-17-10(12(2,3)4)9(11(18)19)14-16-17/h5-6H2,1-4H3,(H,18,19). The second-order valence-corrected chi connectivity index (χ2v) is 5.46. The van der Waals surface area contributed by atoms with Gasteiger partial charge in [-0.15, -0.1) is 5.10 Å². The minimum atomic E-state index is -1.10. The van der Waals surface area contributed by atoms with Gasteiger partial charge in [-0.3, -0.25) is 0 Å². The van der Waals surface area contributed by atoms with Crippen molar-refractivity contribution in [2.45, 2.75) is 46.1 Å². The van der Waals surface area contributed by atoms with E-state index in [4.69, 9.17) is 4.52 Å². The van der Waals surface area contributed by atoms with Crippen molar-refractivity contribution in [1.82, 2.24) is 25.1 Å². The summed E-state index contributed by atoms with van der Waals surface area (Å²) in [5, 5.41) is 20.6. The summed E-state index contributed by atoms with van der Waals surface area (Å²) >= 11 is 0. The molecule has 0 unspecified atom stereocenters. The molecule has 0 radical (unpaired) electrons. The summed E-state index contributed by atoms with van der Waals surface area (Å²) in [7, 11) is 0. The zero-order valence-electron chi connectivity index (χ0n) is 11.9. The van der Waals surface area contributed by atoms with Crippen molar-refractivity contribution in [2.24, 2.45) is 0 Å². The van der Waals surface area contributed by atoms with Gasteiger partial charge in [-0.25, -0.2) is 9.48 Å². The monoisotopic (exact) mass is 279 g/mol. The molecule has 2 heterocycles. The number of hydrogen-bond donors (Lipinski definition) is 1. The van der Waals surface area contributed by atoms with Gasteiger partial charge in [-0.05, 0) is 0 Å². The van der Waals surface area contributed by atoms with E-state index in [-0.39, 0.29) is 12.2 Å². The minimum absolute atomic E-state index is 0.0484. The van der Waals surface area contributed by atoms with Crippen molar-refractivity contribution in [1.29, 1.82) is 0 Å². The van der Waals surface area contributed by atoms with Crippen LogP contribution >= 0.6 is 0 Å². The molecule has 0 bridgehead atoms. The highest BCUT2D eigenvalue weighted by Crippen LogP contribution is 2.25. The molecule has 0 spiro atoms. The van der Waals surface area contributed by atoms with Crippen LogP contribution in [0.15, 0.2) is 4.52 Å². The predicted molar refractivity (Wildman–Crippen MR) is 68.5 cm³/mol. The first-order valence-corrected chi connectivity index (χ1v) is 6.31. The lowest BCUT2D eigenvalue weighted by Crippen LogP contribution is -2.22. The number of carboxylic acid groups (broad SMARTS) is 1. The Bertz CT molecular complexity index is 623. The predicted octanol–water partition coefficient (Wildman–Crippen LogP) is 1.27. The number of nitrogens with zero attached hydrogens (tertiary/aromatic N) is 5. The van der Waals surface area contributed by atoms with E-state index in [9.17, 15) is 9.90 Å². The van der Waals surface area contributed by atoms with Crippen LogP contribution in [0.5, 0.6) is 0 Å². The Kier molecular flexibility index (Phi) is 3.56. The van der Waals surface area contributed by atoms with Gasteiger partial charge < -0.3 is 9.63 Å². The van der Waals surface area contributed by atoms with Crippen LogP contribution in [0.4, 0.5) is 0 Å². The van der Waals surface area contributed by atoms with Crippen LogP contribution in [-0.2, 0) is 18.4 Å². The van der Waals surface area contributed by atoms with Crippen LogP contribution in [0, 0.1) is 0 Å². The summed E-state index contributed by atoms with van der Waals surface area (Å²) in [6, 6.07) is 0. The van der Waals surface area contributed by atoms with E-state index in [1.54, 1.807) is 0 Å². The number of hydrogen-bond acceptors (Lipinski definition) is 6. The van der Waals surface area contributed by atoms with Crippen molar-refractivity contribution in [3.05, 3.63) is 23.1 Å². The van der Waals surface area contributed by atoms with Gasteiger partial charge in [0.05, 0.1) is 5.69 Å². The van der Waals surface area contributed by atoms with E-state index in [1.165, 1.54) is 4.68 Å². The molecule has 0 amide bonds. The fraction of sp³-hybridized carbons (Fsp3) is 0.583.